The zero-order valence-electron chi connectivity index (χ0n) is 12.7. The van der Waals surface area contributed by atoms with E-state index in [1.807, 2.05) is 12.4 Å². The fourth-order valence-corrected chi connectivity index (χ4v) is 2.96. The maximum absolute atomic E-state index is 4.04. The second-order valence-corrected chi connectivity index (χ2v) is 6.32. The van der Waals surface area contributed by atoms with E-state index < -0.39 is 0 Å². The molecule has 0 amide bonds. The molecule has 0 radical (unpaired) electrons. The highest BCUT2D eigenvalue weighted by Crippen LogP contribution is 2.21. The van der Waals surface area contributed by atoms with Crippen LogP contribution >= 0.6 is 0 Å². The summed E-state index contributed by atoms with van der Waals surface area (Å²) in [5.41, 5.74) is 1.32. The lowest BCUT2D eigenvalue weighted by Crippen LogP contribution is -2.57. The van der Waals surface area contributed by atoms with Gasteiger partial charge in [0.05, 0.1) is 6.20 Å². The minimum atomic E-state index is 0.588. The summed E-state index contributed by atoms with van der Waals surface area (Å²) < 4.78 is 0. The lowest BCUT2D eigenvalue weighted by atomic mass is 9.95. The SMILES string of the molecule is CC(CC[C@H]1CN(C(C)C)C[C@H](C)N1)c1cn[nH]c1. The lowest BCUT2D eigenvalue weighted by Gasteiger charge is -2.40. The molecule has 0 aromatic carbocycles. The van der Waals surface area contributed by atoms with Gasteiger partial charge < -0.3 is 5.32 Å². The Bertz CT molecular complexity index is 360. The smallest absolute Gasteiger partial charge is 0.0521 e. The number of aromatic nitrogens is 2. The van der Waals surface area contributed by atoms with Gasteiger partial charge in [0.2, 0.25) is 0 Å². The van der Waals surface area contributed by atoms with Crippen LogP contribution in [0.3, 0.4) is 0 Å². The maximum Gasteiger partial charge on any atom is 0.0521 e. The third kappa shape index (κ3) is 4.05. The van der Waals surface area contributed by atoms with E-state index in [4.69, 9.17) is 0 Å². The van der Waals surface area contributed by atoms with Gasteiger partial charge in [-0.1, -0.05) is 6.92 Å². The summed E-state index contributed by atoms with van der Waals surface area (Å²) in [7, 11) is 0. The quantitative estimate of drug-likeness (QED) is 0.858. The Labute approximate surface area is 117 Å². The molecule has 2 heterocycles. The summed E-state index contributed by atoms with van der Waals surface area (Å²) in [6.07, 6.45) is 6.42. The van der Waals surface area contributed by atoms with Gasteiger partial charge in [0.1, 0.15) is 0 Å². The van der Waals surface area contributed by atoms with E-state index in [9.17, 15) is 0 Å². The van der Waals surface area contributed by atoms with E-state index in [0.717, 1.165) is 0 Å². The van der Waals surface area contributed by atoms with Crippen LogP contribution in [-0.2, 0) is 0 Å². The fraction of sp³-hybridized carbons (Fsp3) is 0.800. The van der Waals surface area contributed by atoms with Crippen molar-refractivity contribution in [3.8, 4) is 0 Å². The topological polar surface area (TPSA) is 44.0 Å². The van der Waals surface area contributed by atoms with Gasteiger partial charge in [-0.05, 0) is 45.1 Å². The molecule has 1 unspecified atom stereocenters. The summed E-state index contributed by atoms with van der Waals surface area (Å²) in [5.74, 6) is 0.588. The third-order valence-electron chi connectivity index (χ3n) is 4.25. The molecule has 0 spiro atoms. The Kier molecular flexibility index (Phi) is 4.99. The largest absolute Gasteiger partial charge is 0.309 e. The zero-order valence-corrected chi connectivity index (χ0v) is 12.7. The standard InChI is InChI=1S/C15H28N4/c1-11(2)19-9-13(4)18-15(10-19)6-5-12(3)14-7-16-17-8-14/h7-8,11-13,15,18H,5-6,9-10H2,1-4H3,(H,16,17)/t12?,13-,15-/m0/s1. The molecule has 1 aliphatic heterocycles. The van der Waals surface area contributed by atoms with Crippen molar-refractivity contribution < 1.29 is 0 Å². The molecule has 0 saturated carbocycles. The second-order valence-electron chi connectivity index (χ2n) is 6.32. The zero-order chi connectivity index (χ0) is 13.8. The van der Waals surface area contributed by atoms with E-state index >= 15 is 0 Å². The highest BCUT2D eigenvalue weighted by molar-refractivity contribution is 5.08. The Morgan fingerprint density at radius 2 is 2.16 bits per heavy atom. The molecule has 19 heavy (non-hydrogen) atoms. The van der Waals surface area contributed by atoms with Crippen molar-refractivity contribution >= 4 is 0 Å². The maximum atomic E-state index is 4.04. The Morgan fingerprint density at radius 1 is 1.37 bits per heavy atom. The average molecular weight is 264 g/mol. The molecule has 2 N–H and O–H groups in total. The van der Waals surface area contributed by atoms with Crippen molar-refractivity contribution in [3.05, 3.63) is 18.0 Å². The molecule has 0 aliphatic carbocycles. The van der Waals surface area contributed by atoms with E-state index in [1.165, 1.54) is 31.5 Å². The van der Waals surface area contributed by atoms with Crippen LogP contribution in [-0.4, -0.2) is 46.3 Å². The molecule has 1 saturated heterocycles. The van der Waals surface area contributed by atoms with Gasteiger partial charge in [-0.15, -0.1) is 0 Å². The number of rotatable bonds is 5. The molecule has 1 aromatic heterocycles. The number of hydrogen-bond donors (Lipinski definition) is 2. The van der Waals surface area contributed by atoms with Crippen molar-refractivity contribution in [3.63, 3.8) is 0 Å². The predicted octanol–water partition coefficient (Wildman–Crippen LogP) is 2.36. The summed E-state index contributed by atoms with van der Waals surface area (Å²) >= 11 is 0. The van der Waals surface area contributed by atoms with E-state index in [1.54, 1.807) is 0 Å². The van der Waals surface area contributed by atoms with E-state index in [0.29, 0.717) is 24.0 Å². The minimum Gasteiger partial charge on any atom is -0.309 e. The van der Waals surface area contributed by atoms with Gasteiger partial charge in [0.25, 0.3) is 0 Å². The van der Waals surface area contributed by atoms with Crippen LogP contribution in [0, 0.1) is 0 Å². The average Bonchev–Trinajstić information content (AvgIpc) is 2.89. The molecular weight excluding hydrogens is 236 g/mol. The molecule has 108 valence electrons. The molecule has 3 atom stereocenters. The minimum absolute atomic E-state index is 0.588. The first kappa shape index (κ1) is 14.5. The van der Waals surface area contributed by atoms with Gasteiger partial charge >= 0.3 is 0 Å². The highest BCUT2D eigenvalue weighted by atomic mass is 15.2. The van der Waals surface area contributed by atoms with Crippen molar-refractivity contribution in [1.82, 2.24) is 20.4 Å². The molecular formula is C15H28N4. The van der Waals surface area contributed by atoms with E-state index in [2.05, 4.69) is 48.1 Å². The first-order valence-electron chi connectivity index (χ1n) is 7.55. The summed E-state index contributed by atoms with van der Waals surface area (Å²) in [4.78, 5) is 2.59. The van der Waals surface area contributed by atoms with Crippen LogP contribution < -0.4 is 5.32 Å². The van der Waals surface area contributed by atoms with Gasteiger partial charge in [-0.2, -0.15) is 5.10 Å². The summed E-state index contributed by atoms with van der Waals surface area (Å²) in [6.45, 7) is 11.5. The Morgan fingerprint density at radius 3 is 2.79 bits per heavy atom. The molecule has 4 nitrogen and oxygen atoms in total. The molecule has 4 heteroatoms. The highest BCUT2D eigenvalue weighted by Gasteiger charge is 2.25. The molecule has 1 aromatic rings. The predicted molar refractivity (Wildman–Crippen MR) is 79.3 cm³/mol. The Hall–Kier alpha value is -0.870. The molecule has 1 aliphatic rings. The van der Waals surface area contributed by atoms with Crippen molar-refractivity contribution in [1.29, 1.82) is 0 Å². The van der Waals surface area contributed by atoms with Gasteiger partial charge in [0, 0.05) is 37.4 Å². The van der Waals surface area contributed by atoms with Crippen LogP contribution in [0.5, 0.6) is 0 Å². The number of H-pyrrole nitrogens is 1. The van der Waals surface area contributed by atoms with Gasteiger partial charge in [-0.3, -0.25) is 10.00 Å². The van der Waals surface area contributed by atoms with Crippen LogP contribution in [0.25, 0.3) is 0 Å². The summed E-state index contributed by atoms with van der Waals surface area (Å²) in [5, 5.41) is 10.7. The number of nitrogens with zero attached hydrogens (tertiary/aromatic N) is 2. The number of aromatic amines is 1. The van der Waals surface area contributed by atoms with Crippen LogP contribution in [0.15, 0.2) is 12.4 Å². The van der Waals surface area contributed by atoms with E-state index in [-0.39, 0.29) is 0 Å². The van der Waals surface area contributed by atoms with Crippen molar-refractivity contribution in [2.24, 2.45) is 0 Å². The van der Waals surface area contributed by atoms with Gasteiger partial charge in [-0.25, -0.2) is 0 Å². The monoisotopic (exact) mass is 264 g/mol. The normalized spacial score (nSPS) is 26.8. The van der Waals surface area contributed by atoms with Crippen molar-refractivity contribution in [2.75, 3.05) is 13.1 Å². The number of hydrogen-bond acceptors (Lipinski definition) is 3. The van der Waals surface area contributed by atoms with Crippen LogP contribution in [0.1, 0.15) is 52.0 Å². The van der Waals surface area contributed by atoms with Crippen molar-refractivity contribution in [2.45, 2.75) is 64.6 Å². The molecule has 0 bridgehead atoms. The molecule has 2 rings (SSSR count). The molecule has 1 fully saturated rings. The first-order chi connectivity index (χ1) is 9.06. The first-order valence-corrected chi connectivity index (χ1v) is 7.55. The van der Waals surface area contributed by atoms with Gasteiger partial charge in [0.15, 0.2) is 0 Å². The lowest BCUT2D eigenvalue weighted by molar-refractivity contribution is 0.128. The Balaban J connectivity index is 1.82. The summed E-state index contributed by atoms with van der Waals surface area (Å²) in [6, 6.07) is 1.88. The second kappa shape index (κ2) is 6.53. The number of piperazine rings is 1. The van der Waals surface area contributed by atoms with Crippen LogP contribution in [0.4, 0.5) is 0 Å². The fourth-order valence-electron chi connectivity index (χ4n) is 2.96. The van der Waals surface area contributed by atoms with Crippen LogP contribution in [0.2, 0.25) is 0 Å². The third-order valence-corrected chi connectivity index (χ3v) is 4.25. The number of nitrogens with one attached hydrogen (secondary N) is 2.